The van der Waals surface area contributed by atoms with E-state index in [1.54, 1.807) is 11.9 Å². The van der Waals surface area contributed by atoms with Crippen LogP contribution < -0.4 is 0 Å². The van der Waals surface area contributed by atoms with E-state index in [2.05, 4.69) is 0 Å². The number of piperidine rings is 1. The first kappa shape index (κ1) is 15.8. The summed E-state index contributed by atoms with van der Waals surface area (Å²) < 4.78 is 5.32. The Kier molecular flexibility index (Phi) is 5.17. The summed E-state index contributed by atoms with van der Waals surface area (Å²) in [5.74, 6) is -1.74. The summed E-state index contributed by atoms with van der Waals surface area (Å²) in [4.78, 5) is 38.2. The second-order valence-electron chi connectivity index (χ2n) is 5.71. The third kappa shape index (κ3) is 3.93. The molecule has 0 radical (unpaired) electrons. The van der Waals surface area contributed by atoms with Crippen molar-refractivity contribution in [3.63, 3.8) is 0 Å². The zero-order valence-electron chi connectivity index (χ0n) is 12.3. The third-order valence-corrected chi connectivity index (χ3v) is 4.08. The Labute approximate surface area is 123 Å². The van der Waals surface area contributed by atoms with Crippen LogP contribution in [-0.4, -0.2) is 72.1 Å². The number of likely N-dealkylation sites (tertiary alicyclic amines) is 1. The van der Waals surface area contributed by atoms with Gasteiger partial charge >= 0.3 is 5.97 Å². The number of carboxylic acid groups (broad SMARTS) is 1. The van der Waals surface area contributed by atoms with Crippen LogP contribution in [0.5, 0.6) is 0 Å². The largest absolute Gasteiger partial charge is 0.481 e. The molecule has 2 heterocycles. The van der Waals surface area contributed by atoms with Gasteiger partial charge in [0.1, 0.15) is 6.10 Å². The van der Waals surface area contributed by atoms with Crippen LogP contribution in [0.2, 0.25) is 0 Å². The Hall–Kier alpha value is -1.63. The SMILES string of the molecule is CN(CC(=O)N1CCCC(C(=O)O)C1)C(=O)C1CCCO1. The minimum atomic E-state index is -0.865. The van der Waals surface area contributed by atoms with Crippen molar-refractivity contribution in [2.24, 2.45) is 5.92 Å². The lowest BCUT2D eigenvalue weighted by atomic mass is 9.98. The maximum atomic E-state index is 12.2. The fourth-order valence-corrected chi connectivity index (χ4v) is 2.80. The van der Waals surface area contributed by atoms with Crippen LogP contribution in [0.15, 0.2) is 0 Å². The van der Waals surface area contributed by atoms with Crippen LogP contribution in [0.3, 0.4) is 0 Å². The second kappa shape index (κ2) is 6.89. The number of rotatable bonds is 4. The van der Waals surface area contributed by atoms with Crippen molar-refractivity contribution in [1.82, 2.24) is 9.80 Å². The molecule has 2 amide bonds. The molecular formula is C14H22N2O5. The molecule has 0 aromatic heterocycles. The van der Waals surface area contributed by atoms with Crippen LogP contribution in [0, 0.1) is 5.92 Å². The summed E-state index contributed by atoms with van der Waals surface area (Å²) in [6.45, 7) is 1.36. The lowest BCUT2D eigenvalue weighted by Gasteiger charge is -2.32. The fraction of sp³-hybridized carbons (Fsp3) is 0.786. The highest BCUT2D eigenvalue weighted by Crippen LogP contribution is 2.18. The Morgan fingerprint density at radius 3 is 2.67 bits per heavy atom. The van der Waals surface area contributed by atoms with Gasteiger partial charge in [0.2, 0.25) is 5.91 Å². The van der Waals surface area contributed by atoms with Gasteiger partial charge in [0.05, 0.1) is 12.5 Å². The summed E-state index contributed by atoms with van der Waals surface area (Å²) in [5, 5.41) is 9.03. The number of hydrogen-bond donors (Lipinski definition) is 1. The average Bonchev–Trinajstić information content (AvgIpc) is 3.00. The molecule has 2 aliphatic heterocycles. The van der Waals surface area contributed by atoms with Gasteiger partial charge in [-0.1, -0.05) is 0 Å². The molecule has 0 aliphatic carbocycles. The molecular weight excluding hydrogens is 276 g/mol. The summed E-state index contributed by atoms with van der Waals surface area (Å²) in [6.07, 6.45) is 2.42. The highest BCUT2D eigenvalue weighted by molar-refractivity contribution is 5.87. The van der Waals surface area contributed by atoms with E-state index in [4.69, 9.17) is 9.84 Å². The minimum Gasteiger partial charge on any atom is -0.481 e. The van der Waals surface area contributed by atoms with Crippen molar-refractivity contribution in [1.29, 1.82) is 0 Å². The van der Waals surface area contributed by atoms with Crippen molar-refractivity contribution in [3.05, 3.63) is 0 Å². The third-order valence-electron chi connectivity index (χ3n) is 4.08. The Morgan fingerprint density at radius 2 is 2.05 bits per heavy atom. The quantitative estimate of drug-likeness (QED) is 0.786. The predicted octanol–water partition coefficient (Wildman–Crippen LogP) is -0.0530. The number of ether oxygens (including phenoxy) is 1. The first-order valence-corrected chi connectivity index (χ1v) is 7.36. The molecule has 2 aliphatic rings. The van der Waals surface area contributed by atoms with Crippen LogP contribution in [0.25, 0.3) is 0 Å². The van der Waals surface area contributed by atoms with Gasteiger partial charge in [-0.25, -0.2) is 0 Å². The summed E-state index contributed by atoms with van der Waals surface area (Å²) in [7, 11) is 1.58. The standard InChI is InChI=1S/C14H22N2O5/c1-15(13(18)11-5-3-7-21-11)9-12(17)16-6-2-4-10(8-16)14(19)20/h10-11H,2-9H2,1H3,(H,19,20). The molecule has 0 spiro atoms. The van der Waals surface area contributed by atoms with Gasteiger partial charge in [-0.15, -0.1) is 0 Å². The highest BCUT2D eigenvalue weighted by Gasteiger charge is 2.31. The van der Waals surface area contributed by atoms with Gasteiger partial charge < -0.3 is 19.6 Å². The van der Waals surface area contributed by atoms with Crippen molar-refractivity contribution in [3.8, 4) is 0 Å². The van der Waals surface area contributed by atoms with Crippen molar-refractivity contribution < 1.29 is 24.2 Å². The first-order chi connectivity index (χ1) is 9.99. The molecule has 0 aromatic rings. The molecule has 7 nitrogen and oxygen atoms in total. The van der Waals surface area contributed by atoms with Crippen molar-refractivity contribution in [2.75, 3.05) is 33.3 Å². The van der Waals surface area contributed by atoms with E-state index >= 15 is 0 Å². The number of nitrogens with zero attached hydrogens (tertiary/aromatic N) is 2. The molecule has 2 rings (SSSR count). The van der Waals surface area contributed by atoms with E-state index in [9.17, 15) is 14.4 Å². The van der Waals surface area contributed by atoms with Crippen LogP contribution in [0.4, 0.5) is 0 Å². The summed E-state index contributed by atoms with van der Waals surface area (Å²) in [6, 6.07) is 0. The van der Waals surface area contributed by atoms with E-state index < -0.39 is 18.0 Å². The number of hydrogen-bond acceptors (Lipinski definition) is 4. The predicted molar refractivity (Wildman–Crippen MR) is 73.6 cm³/mol. The molecule has 0 bridgehead atoms. The normalized spacial score (nSPS) is 25.7. The molecule has 2 atom stereocenters. The molecule has 1 N–H and O–H groups in total. The minimum absolute atomic E-state index is 0.0228. The highest BCUT2D eigenvalue weighted by atomic mass is 16.5. The maximum Gasteiger partial charge on any atom is 0.308 e. The summed E-state index contributed by atoms with van der Waals surface area (Å²) in [5.41, 5.74) is 0. The lowest BCUT2D eigenvalue weighted by Crippen LogP contribution is -2.48. The number of aliphatic carboxylic acids is 1. The Balaban J connectivity index is 1.85. The Morgan fingerprint density at radius 1 is 1.29 bits per heavy atom. The zero-order valence-corrected chi connectivity index (χ0v) is 12.3. The maximum absolute atomic E-state index is 12.2. The van der Waals surface area contributed by atoms with Crippen molar-refractivity contribution >= 4 is 17.8 Å². The van der Waals surface area contributed by atoms with Crippen LogP contribution in [0.1, 0.15) is 25.7 Å². The van der Waals surface area contributed by atoms with Crippen molar-refractivity contribution in [2.45, 2.75) is 31.8 Å². The van der Waals surface area contributed by atoms with E-state index in [0.29, 0.717) is 32.4 Å². The second-order valence-corrected chi connectivity index (χ2v) is 5.71. The molecule has 21 heavy (non-hydrogen) atoms. The smallest absolute Gasteiger partial charge is 0.308 e. The van der Waals surface area contributed by atoms with E-state index in [1.165, 1.54) is 4.90 Å². The number of carbonyl (C=O) groups is 3. The summed E-state index contributed by atoms with van der Waals surface area (Å²) >= 11 is 0. The van der Waals surface area contributed by atoms with Gasteiger partial charge in [-0.2, -0.15) is 0 Å². The number of carboxylic acids is 1. The zero-order chi connectivity index (χ0) is 15.4. The van der Waals surface area contributed by atoms with Gasteiger partial charge in [0.15, 0.2) is 0 Å². The number of carbonyl (C=O) groups excluding carboxylic acids is 2. The lowest BCUT2D eigenvalue weighted by molar-refractivity contribution is -0.149. The van der Waals surface area contributed by atoms with Crippen LogP contribution in [-0.2, 0) is 19.1 Å². The van der Waals surface area contributed by atoms with E-state index in [-0.39, 0.29) is 24.9 Å². The topological polar surface area (TPSA) is 87.2 Å². The fourth-order valence-electron chi connectivity index (χ4n) is 2.80. The molecule has 0 saturated carbocycles. The molecule has 2 unspecified atom stereocenters. The Bertz CT molecular complexity index is 420. The van der Waals surface area contributed by atoms with Gasteiger partial charge in [0.25, 0.3) is 5.91 Å². The van der Waals surface area contributed by atoms with E-state index in [1.807, 2.05) is 0 Å². The average molecular weight is 298 g/mol. The monoisotopic (exact) mass is 298 g/mol. The van der Waals surface area contributed by atoms with Gasteiger partial charge in [-0.3, -0.25) is 14.4 Å². The number of likely N-dealkylation sites (N-methyl/N-ethyl adjacent to an activating group) is 1. The molecule has 2 saturated heterocycles. The molecule has 2 fully saturated rings. The van der Waals surface area contributed by atoms with Gasteiger partial charge in [0, 0.05) is 26.7 Å². The van der Waals surface area contributed by atoms with Crippen LogP contribution >= 0.6 is 0 Å². The molecule has 7 heteroatoms. The van der Waals surface area contributed by atoms with Gasteiger partial charge in [-0.05, 0) is 25.7 Å². The number of amides is 2. The van der Waals surface area contributed by atoms with E-state index in [0.717, 1.165) is 6.42 Å². The first-order valence-electron chi connectivity index (χ1n) is 7.36. The molecule has 118 valence electrons. The molecule has 0 aromatic carbocycles.